The summed E-state index contributed by atoms with van der Waals surface area (Å²) in [5.41, 5.74) is 3.76. The van der Waals surface area contributed by atoms with Crippen molar-refractivity contribution in [2.75, 3.05) is 0 Å². The highest BCUT2D eigenvalue weighted by atomic mass is 16.4. The van der Waals surface area contributed by atoms with E-state index in [1.54, 1.807) is 7.05 Å². The number of hydrogen-bond acceptors (Lipinski definition) is 2. The van der Waals surface area contributed by atoms with Gasteiger partial charge in [-0.2, -0.15) is 5.10 Å². The third-order valence-corrected chi connectivity index (χ3v) is 2.71. The number of aromatic nitrogens is 2. The van der Waals surface area contributed by atoms with Crippen molar-refractivity contribution in [3.05, 3.63) is 41.1 Å². The van der Waals surface area contributed by atoms with Crippen LogP contribution in [0.5, 0.6) is 0 Å². The van der Waals surface area contributed by atoms with Crippen molar-refractivity contribution in [1.29, 1.82) is 0 Å². The van der Waals surface area contributed by atoms with Gasteiger partial charge in [0.05, 0.1) is 0 Å². The molecular formula is C13H14N2O2. The summed E-state index contributed by atoms with van der Waals surface area (Å²) in [4.78, 5) is 11.2. The van der Waals surface area contributed by atoms with Crippen molar-refractivity contribution in [2.45, 2.75) is 13.8 Å². The van der Waals surface area contributed by atoms with Gasteiger partial charge in [-0.1, -0.05) is 17.7 Å². The highest BCUT2D eigenvalue weighted by Gasteiger charge is 2.17. The Hall–Kier alpha value is -2.10. The first-order valence-corrected chi connectivity index (χ1v) is 5.33. The Morgan fingerprint density at radius 2 is 2.06 bits per heavy atom. The molecule has 1 aromatic heterocycles. The Morgan fingerprint density at radius 3 is 2.71 bits per heavy atom. The number of hydrogen-bond donors (Lipinski definition) is 1. The molecule has 1 heterocycles. The second-order valence-electron chi connectivity index (χ2n) is 4.19. The second-order valence-corrected chi connectivity index (χ2v) is 4.19. The van der Waals surface area contributed by atoms with Gasteiger partial charge in [0.25, 0.3) is 0 Å². The van der Waals surface area contributed by atoms with E-state index >= 15 is 0 Å². The minimum Gasteiger partial charge on any atom is -0.478 e. The quantitative estimate of drug-likeness (QED) is 0.861. The third-order valence-electron chi connectivity index (χ3n) is 2.71. The number of carboxylic acids is 1. The lowest BCUT2D eigenvalue weighted by Gasteiger charge is -2.05. The van der Waals surface area contributed by atoms with E-state index in [9.17, 15) is 4.79 Å². The van der Waals surface area contributed by atoms with Crippen LogP contribution in [0.1, 0.15) is 21.5 Å². The summed E-state index contributed by atoms with van der Waals surface area (Å²) >= 11 is 0. The zero-order valence-corrected chi connectivity index (χ0v) is 10.1. The maximum atomic E-state index is 11.2. The molecule has 0 saturated heterocycles. The molecule has 0 radical (unpaired) electrons. The standard InChI is InChI=1S/C13H14N2O2/c1-8-4-5-9(2)10(6-8)12-11(13(16)17)7-15(3)14-12/h4-7H,1-3H3,(H,16,17). The van der Waals surface area contributed by atoms with Crippen molar-refractivity contribution < 1.29 is 9.90 Å². The Kier molecular flexibility index (Phi) is 2.71. The molecule has 4 nitrogen and oxygen atoms in total. The molecule has 1 N–H and O–H groups in total. The molecule has 0 atom stereocenters. The molecule has 0 spiro atoms. The fourth-order valence-corrected chi connectivity index (χ4v) is 1.83. The lowest BCUT2D eigenvalue weighted by molar-refractivity contribution is 0.0697. The van der Waals surface area contributed by atoms with Gasteiger partial charge in [-0.05, 0) is 25.5 Å². The summed E-state index contributed by atoms with van der Waals surface area (Å²) in [5.74, 6) is -0.950. The molecule has 88 valence electrons. The molecule has 0 amide bonds. The molecule has 0 fully saturated rings. The van der Waals surface area contributed by atoms with Crippen LogP contribution in [0.15, 0.2) is 24.4 Å². The van der Waals surface area contributed by atoms with Gasteiger partial charge in [-0.25, -0.2) is 4.79 Å². The van der Waals surface area contributed by atoms with E-state index in [0.717, 1.165) is 16.7 Å². The smallest absolute Gasteiger partial charge is 0.339 e. The Morgan fingerprint density at radius 1 is 1.35 bits per heavy atom. The molecule has 0 unspecified atom stereocenters. The molecule has 2 rings (SSSR count). The van der Waals surface area contributed by atoms with E-state index in [1.165, 1.54) is 10.9 Å². The highest BCUT2D eigenvalue weighted by Crippen LogP contribution is 2.26. The third kappa shape index (κ3) is 2.06. The predicted octanol–water partition coefficient (Wildman–Crippen LogP) is 2.40. The summed E-state index contributed by atoms with van der Waals surface area (Å²) in [5, 5.41) is 13.4. The van der Waals surface area contributed by atoms with Gasteiger partial charge in [-0.3, -0.25) is 4.68 Å². The maximum absolute atomic E-state index is 11.2. The average Bonchev–Trinajstić information content (AvgIpc) is 2.64. The summed E-state index contributed by atoms with van der Waals surface area (Å²) < 4.78 is 1.53. The first-order chi connectivity index (χ1) is 7.99. The molecule has 17 heavy (non-hydrogen) atoms. The van der Waals surface area contributed by atoms with Gasteiger partial charge in [0, 0.05) is 18.8 Å². The largest absolute Gasteiger partial charge is 0.478 e. The zero-order chi connectivity index (χ0) is 12.6. The van der Waals surface area contributed by atoms with Crippen LogP contribution in [-0.2, 0) is 7.05 Å². The summed E-state index contributed by atoms with van der Waals surface area (Å²) in [6.45, 7) is 3.93. The van der Waals surface area contributed by atoms with Crippen LogP contribution in [0.3, 0.4) is 0 Å². The average molecular weight is 230 g/mol. The lowest BCUT2D eigenvalue weighted by Crippen LogP contribution is -1.98. The maximum Gasteiger partial charge on any atom is 0.339 e. The van der Waals surface area contributed by atoms with E-state index in [4.69, 9.17) is 5.11 Å². The van der Waals surface area contributed by atoms with Gasteiger partial charge < -0.3 is 5.11 Å². The predicted molar refractivity (Wildman–Crippen MR) is 65.1 cm³/mol. The highest BCUT2D eigenvalue weighted by molar-refractivity contribution is 5.95. The fourth-order valence-electron chi connectivity index (χ4n) is 1.83. The van der Waals surface area contributed by atoms with Crippen LogP contribution in [0.4, 0.5) is 0 Å². The molecule has 1 aromatic carbocycles. The van der Waals surface area contributed by atoms with Crippen LogP contribution in [-0.4, -0.2) is 20.9 Å². The molecular weight excluding hydrogens is 216 g/mol. The van der Waals surface area contributed by atoms with Crippen molar-refractivity contribution in [3.8, 4) is 11.3 Å². The van der Waals surface area contributed by atoms with E-state index in [0.29, 0.717) is 5.69 Å². The zero-order valence-electron chi connectivity index (χ0n) is 10.1. The number of carboxylic acid groups (broad SMARTS) is 1. The van der Waals surface area contributed by atoms with E-state index in [1.807, 2.05) is 32.0 Å². The normalized spacial score (nSPS) is 10.5. The van der Waals surface area contributed by atoms with Crippen molar-refractivity contribution in [3.63, 3.8) is 0 Å². The van der Waals surface area contributed by atoms with Gasteiger partial charge >= 0.3 is 5.97 Å². The number of rotatable bonds is 2. The number of aromatic carboxylic acids is 1. The van der Waals surface area contributed by atoms with Crippen LogP contribution in [0, 0.1) is 13.8 Å². The summed E-state index contributed by atoms with van der Waals surface area (Å²) in [6.07, 6.45) is 1.53. The van der Waals surface area contributed by atoms with Crippen LogP contribution < -0.4 is 0 Å². The fraction of sp³-hybridized carbons (Fsp3) is 0.231. The number of benzene rings is 1. The monoisotopic (exact) mass is 230 g/mol. The van der Waals surface area contributed by atoms with Crippen LogP contribution >= 0.6 is 0 Å². The minimum absolute atomic E-state index is 0.237. The first kappa shape index (κ1) is 11.4. The summed E-state index contributed by atoms with van der Waals surface area (Å²) in [7, 11) is 1.72. The number of aryl methyl sites for hydroxylation is 3. The van der Waals surface area contributed by atoms with Crippen LogP contribution in [0.2, 0.25) is 0 Å². The Labute approximate surface area is 99.5 Å². The molecule has 0 saturated carbocycles. The Balaban J connectivity index is 2.67. The van der Waals surface area contributed by atoms with Gasteiger partial charge in [0.2, 0.25) is 0 Å². The molecule has 0 aliphatic heterocycles. The first-order valence-electron chi connectivity index (χ1n) is 5.33. The topological polar surface area (TPSA) is 55.1 Å². The van der Waals surface area contributed by atoms with E-state index in [-0.39, 0.29) is 5.56 Å². The van der Waals surface area contributed by atoms with Crippen molar-refractivity contribution in [2.24, 2.45) is 7.05 Å². The van der Waals surface area contributed by atoms with Crippen molar-refractivity contribution >= 4 is 5.97 Å². The van der Waals surface area contributed by atoms with E-state index < -0.39 is 5.97 Å². The SMILES string of the molecule is Cc1ccc(C)c(-c2nn(C)cc2C(=O)O)c1. The second kappa shape index (κ2) is 4.05. The molecule has 0 aliphatic rings. The lowest BCUT2D eigenvalue weighted by atomic mass is 10.0. The molecule has 0 bridgehead atoms. The van der Waals surface area contributed by atoms with Gasteiger partial charge in [-0.15, -0.1) is 0 Å². The Bertz CT molecular complexity index is 585. The summed E-state index contributed by atoms with van der Waals surface area (Å²) in [6, 6.07) is 5.94. The van der Waals surface area contributed by atoms with Crippen LogP contribution in [0.25, 0.3) is 11.3 Å². The van der Waals surface area contributed by atoms with Gasteiger partial charge in [0.1, 0.15) is 11.3 Å². The number of nitrogens with zero attached hydrogens (tertiary/aromatic N) is 2. The number of carbonyl (C=O) groups is 1. The van der Waals surface area contributed by atoms with Crippen molar-refractivity contribution in [1.82, 2.24) is 9.78 Å². The molecule has 4 heteroatoms. The van der Waals surface area contributed by atoms with Gasteiger partial charge in [0.15, 0.2) is 0 Å². The minimum atomic E-state index is -0.950. The van der Waals surface area contributed by atoms with E-state index in [2.05, 4.69) is 5.10 Å². The molecule has 2 aromatic rings. The molecule has 0 aliphatic carbocycles.